The summed E-state index contributed by atoms with van der Waals surface area (Å²) < 4.78 is 18.4. The molecule has 1 saturated heterocycles. The Morgan fingerprint density at radius 2 is 1.14 bits per heavy atom. The number of hydrogen-bond donors (Lipinski definition) is 2. The number of carbonyl (C=O) groups excluding carboxylic acids is 4. The maximum absolute atomic E-state index is 14.3. The van der Waals surface area contributed by atoms with Crippen LogP contribution in [0.1, 0.15) is 161 Å². The molecule has 1 aliphatic heterocycles. The predicted molar refractivity (Wildman–Crippen MR) is 248 cm³/mol. The van der Waals surface area contributed by atoms with Crippen LogP contribution in [0.15, 0.2) is 0 Å². The van der Waals surface area contributed by atoms with Crippen molar-refractivity contribution in [3.05, 3.63) is 0 Å². The van der Waals surface area contributed by atoms with Gasteiger partial charge in [-0.25, -0.2) is 4.79 Å². The first-order chi connectivity index (χ1) is 29.3. The average molecular weight is 883 g/mol. The maximum Gasteiger partial charge on any atom is 0.414 e. The van der Waals surface area contributed by atoms with Gasteiger partial charge in [0.15, 0.2) is 0 Å². The zero-order valence-corrected chi connectivity index (χ0v) is 42.5. The highest BCUT2D eigenvalue weighted by Gasteiger charge is 2.70. The van der Waals surface area contributed by atoms with Gasteiger partial charge in [-0.05, 0) is 131 Å². The van der Waals surface area contributed by atoms with Crippen molar-refractivity contribution in [1.29, 1.82) is 0 Å². The van der Waals surface area contributed by atoms with E-state index in [-0.39, 0.29) is 98.8 Å². The number of ketones is 2. The highest BCUT2D eigenvalue weighted by Crippen LogP contribution is 2.70. The lowest BCUT2D eigenvalue weighted by Gasteiger charge is -2.62. The minimum atomic E-state index is -0.677. The third-order valence-electron chi connectivity index (χ3n) is 21.7. The fraction of sp³-hybridized carbons (Fsp3) is 0.925. The highest BCUT2D eigenvalue weighted by atomic mass is 16.6. The molecule has 18 atom stereocenters. The molecule has 7 aliphatic rings. The summed E-state index contributed by atoms with van der Waals surface area (Å²) in [6.07, 6.45) is 8.70. The van der Waals surface area contributed by atoms with Crippen molar-refractivity contribution in [2.45, 2.75) is 185 Å². The molecule has 0 radical (unpaired) electrons. The molecule has 63 heavy (non-hydrogen) atoms. The number of Topliss-reactive ketones (excluding diaryl/α,β-unsaturated/α-hetero) is 2. The van der Waals surface area contributed by atoms with E-state index in [2.05, 4.69) is 100 Å². The van der Waals surface area contributed by atoms with E-state index in [1.807, 2.05) is 14.2 Å². The Morgan fingerprint density at radius 1 is 0.698 bits per heavy atom. The van der Waals surface area contributed by atoms with Crippen LogP contribution in [0.25, 0.3) is 0 Å². The van der Waals surface area contributed by atoms with Gasteiger partial charge in [-0.15, -0.1) is 0 Å². The number of ether oxygens (including phenoxy) is 3. The Morgan fingerprint density at radius 3 is 1.62 bits per heavy atom. The van der Waals surface area contributed by atoms with Crippen LogP contribution >= 0.6 is 0 Å². The van der Waals surface area contributed by atoms with Crippen molar-refractivity contribution >= 4 is 23.6 Å². The summed E-state index contributed by atoms with van der Waals surface area (Å²) in [5.74, 6) is 1.80. The van der Waals surface area contributed by atoms with Gasteiger partial charge >= 0.3 is 6.09 Å². The number of imide groups is 1. The van der Waals surface area contributed by atoms with E-state index < -0.39 is 29.1 Å². The van der Waals surface area contributed by atoms with E-state index in [1.54, 1.807) is 7.11 Å². The molecule has 4 unspecified atom stereocenters. The Hall–Kier alpha value is -1.88. The van der Waals surface area contributed by atoms with Gasteiger partial charge in [0.1, 0.15) is 17.7 Å². The second kappa shape index (κ2) is 18.0. The minimum absolute atomic E-state index is 0.00340. The number of hydrogen-bond acceptors (Lipinski definition) is 9. The number of likely N-dealkylation sites (tertiary alicyclic amines) is 1. The monoisotopic (exact) mass is 883 g/mol. The van der Waals surface area contributed by atoms with Gasteiger partial charge in [0.25, 0.3) is 0 Å². The number of amides is 2. The first-order valence-electron chi connectivity index (χ1n) is 25.3. The van der Waals surface area contributed by atoms with E-state index in [9.17, 15) is 24.3 Å². The maximum atomic E-state index is 14.3. The summed E-state index contributed by atoms with van der Waals surface area (Å²) in [7, 11) is 5.60. The van der Waals surface area contributed by atoms with Gasteiger partial charge in [0.05, 0.1) is 24.2 Å². The first kappa shape index (κ1) is 50.5. The summed E-state index contributed by atoms with van der Waals surface area (Å²) in [6.45, 7) is 29.8. The summed E-state index contributed by atoms with van der Waals surface area (Å²) in [4.78, 5) is 56.7. The average Bonchev–Trinajstić information content (AvgIpc) is 3.83. The van der Waals surface area contributed by atoms with Crippen LogP contribution < -0.4 is 5.32 Å². The standard InChI is InChI=1S/C31H52N2O5.C22H38O3/c1-18(2)29(6)16-24(38-28(36)32-27(35)22-17-33(8)15-12-19(22)3)30(7)20(4)10-13-31(21(5)26(29)34)14-11-23(37-9)25(30)31;1-13(2)20(5)12-17(23)21(6)14(3)8-10-22(15(4)19(20)24)11-9-16(25-7)18(21)22/h18-25H,10-17H2,1-9H3,(H,32,35,36);13-18,23H,8-12H2,1-7H3/t19-,20+,21-,22-,23+,24+,25?,29-,30-,31?;14-,15+,16-,17-,18?,20+,21+,22?/m01/s1. The van der Waals surface area contributed by atoms with E-state index in [4.69, 9.17) is 14.2 Å². The van der Waals surface area contributed by atoms with Crippen LogP contribution in [0, 0.1) is 91.7 Å². The Bertz CT molecular complexity index is 1720. The van der Waals surface area contributed by atoms with Crippen molar-refractivity contribution in [2.75, 3.05) is 34.4 Å². The van der Waals surface area contributed by atoms with E-state index in [1.165, 1.54) is 0 Å². The normalized spacial score (nSPS) is 48.8. The molecule has 1 heterocycles. The van der Waals surface area contributed by atoms with Crippen molar-refractivity contribution in [1.82, 2.24) is 10.2 Å². The second-order valence-electron chi connectivity index (χ2n) is 24.4. The van der Waals surface area contributed by atoms with Crippen LogP contribution in [0.3, 0.4) is 0 Å². The van der Waals surface area contributed by atoms with Crippen LogP contribution in [-0.4, -0.2) is 92.3 Å². The number of carbonyl (C=O) groups is 4. The molecule has 10 nitrogen and oxygen atoms in total. The number of piperidine rings is 1. The molecule has 7 rings (SSSR count). The predicted octanol–water partition coefficient (Wildman–Crippen LogP) is 9.78. The fourth-order valence-electron chi connectivity index (χ4n) is 16.1. The molecule has 2 amide bonds. The number of nitrogens with zero attached hydrogens (tertiary/aromatic N) is 1. The molecule has 7 fully saturated rings. The molecular weight excluding hydrogens is 793 g/mol. The van der Waals surface area contributed by atoms with E-state index >= 15 is 0 Å². The largest absolute Gasteiger partial charge is 0.445 e. The molecule has 4 bridgehead atoms. The number of rotatable bonds is 6. The smallest absolute Gasteiger partial charge is 0.414 e. The van der Waals surface area contributed by atoms with E-state index in [0.29, 0.717) is 31.1 Å². The third kappa shape index (κ3) is 7.82. The van der Waals surface area contributed by atoms with Crippen LogP contribution in [-0.2, 0) is 28.6 Å². The number of alkyl carbamates (subject to hydrolysis) is 1. The number of aliphatic hydroxyl groups is 1. The van der Waals surface area contributed by atoms with Gasteiger partial charge in [-0.1, -0.05) is 90.0 Å². The molecule has 6 saturated carbocycles. The summed E-state index contributed by atoms with van der Waals surface area (Å²) in [5, 5.41) is 14.1. The van der Waals surface area contributed by atoms with Gasteiger partial charge in [0.2, 0.25) is 5.91 Å². The molecular formula is C53H90N2O8. The fourth-order valence-corrected chi connectivity index (χ4v) is 16.1. The molecule has 0 aromatic carbocycles. The molecule has 360 valence electrons. The van der Waals surface area contributed by atoms with Gasteiger partial charge in [-0.3, -0.25) is 19.7 Å². The van der Waals surface area contributed by atoms with Crippen molar-refractivity contribution in [2.24, 2.45) is 91.7 Å². The lowest BCUT2D eigenvalue weighted by molar-refractivity contribution is -0.195. The summed E-state index contributed by atoms with van der Waals surface area (Å²) in [5.41, 5.74) is -1.79. The van der Waals surface area contributed by atoms with Gasteiger partial charge in [-0.2, -0.15) is 0 Å². The van der Waals surface area contributed by atoms with Crippen LogP contribution in [0.4, 0.5) is 4.79 Å². The zero-order chi connectivity index (χ0) is 47.0. The number of aliphatic hydroxyl groups excluding tert-OH is 1. The lowest BCUT2D eigenvalue weighted by Crippen LogP contribution is -2.64. The number of methoxy groups -OCH3 is 2. The Balaban J connectivity index is 0.000000228. The molecule has 0 aromatic rings. The highest BCUT2D eigenvalue weighted by molar-refractivity contribution is 5.93. The molecule has 2 N–H and O–H groups in total. The Labute approximate surface area is 382 Å². The molecule has 6 aliphatic carbocycles. The summed E-state index contributed by atoms with van der Waals surface area (Å²) in [6, 6.07) is 0. The van der Waals surface area contributed by atoms with E-state index in [0.717, 1.165) is 64.3 Å². The second-order valence-corrected chi connectivity index (χ2v) is 24.4. The lowest BCUT2D eigenvalue weighted by atomic mass is 9.43. The van der Waals surface area contributed by atoms with Crippen LogP contribution in [0.5, 0.6) is 0 Å². The van der Waals surface area contributed by atoms with Gasteiger partial charge < -0.3 is 24.2 Å². The molecule has 10 heteroatoms. The first-order valence-corrected chi connectivity index (χ1v) is 25.3. The van der Waals surface area contributed by atoms with Crippen molar-refractivity contribution in [3.8, 4) is 0 Å². The topological polar surface area (TPSA) is 131 Å². The number of nitrogens with one attached hydrogen (secondary N) is 1. The quantitative estimate of drug-likeness (QED) is 0.268. The van der Waals surface area contributed by atoms with Crippen LogP contribution in [0.2, 0.25) is 0 Å². The molecule has 0 spiro atoms. The summed E-state index contributed by atoms with van der Waals surface area (Å²) >= 11 is 0. The van der Waals surface area contributed by atoms with Crippen molar-refractivity contribution < 1.29 is 38.5 Å². The van der Waals surface area contributed by atoms with Crippen molar-refractivity contribution in [3.63, 3.8) is 0 Å². The third-order valence-corrected chi connectivity index (χ3v) is 21.7. The Kier molecular flexibility index (Phi) is 14.4. The minimum Gasteiger partial charge on any atom is -0.445 e. The zero-order valence-electron chi connectivity index (χ0n) is 42.5. The van der Waals surface area contributed by atoms with Gasteiger partial charge in [0, 0.05) is 60.2 Å². The molecule has 0 aromatic heterocycles. The SMILES string of the molecule is CO[C@@H]1CCC23CC[C@@H](C)[C@](C)(C12)[C@H](O)C[C@@](C)(C(C)C)C(=O)[C@@H]3C.CO[C@@H]1CCC23CC[C@@H](C)[C@](C)(C12)[C@H](OC(=O)NC(=O)[C@H]1CN(C)CC[C@@H]1C)C[C@@](C)(C(C)C)C(=O)[C@@H]3C.